The van der Waals surface area contributed by atoms with E-state index in [0.717, 1.165) is 44.4 Å². The van der Waals surface area contributed by atoms with Crippen LogP contribution in [0.25, 0.3) is 0 Å². The first-order valence-corrected chi connectivity index (χ1v) is 10.6. The van der Waals surface area contributed by atoms with Gasteiger partial charge in [0.25, 0.3) is 0 Å². The van der Waals surface area contributed by atoms with E-state index >= 15 is 0 Å². The van der Waals surface area contributed by atoms with Gasteiger partial charge in [0.15, 0.2) is 12.5 Å². The van der Waals surface area contributed by atoms with E-state index in [2.05, 4.69) is 35.2 Å². The lowest BCUT2D eigenvalue weighted by Crippen LogP contribution is -3.18. The number of allylic oxidation sites excluding steroid dienone is 1. The van der Waals surface area contributed by atoms with E-state index in [1.54, 1.807) is 12.0 Å². The van der Waals surface area contributed by atoms with Gasteiger partial charge in [-0.15, -0.1) is 0 Å². The molecule has 0 radical (unpaired) electrons. The van der Waals surface area contributed by atoms with Crippen LogP contribution in [0.2, 0.25) is 0 Å². The van der Waals surface area contributed by atoms with E-state index in [-0.39, 0.29) is 0 Å². The largest absolute Gasteiger partial charge is 0.383 e. The Kier molecular flexibility index (Phi) is 5.94. The second kappa shape index (κ2) is 8.57. The highest BCUT2D eigenvalue weighted by atomic mass is 16.5. The molecule has 1 unspecified atom stereocenters. The van der Waals surface area contributed by atoms with Gasteiger partial charge >= 0.3 is 0 Å². The summed E-state index contributed by atoms with van der Waals surface area (Å²) in [7, 11) is 1.77. The maximum Gasteiger partial charge on any atom is 0.166 e. The Labute approximate surface area is 163 Å². The Morgan fingerprint density at radius 3 is 2.63 bits per heavy atom. The molecule has 4 nitrogen and oxygen atoms in total. The van der Waals surface area contributed by atoms with Gasteiger partial charge in [-0.2, -0.15) is 0 Å². The number of nitrogens with zero attached hydrogens (tertiary/aromatic N) is 1. The topological polar surface area (TPSA) is 34.0 Å². The van der Waals surface area contributed by atoms with E-state index in [0.29, 0.717) is 18.1 Å². The predicted molar refractivity (Wildman–Crippen MR) is 107 cm³/mol. The maximum atomic E-state index is 13.1. The lowest BCUT2D eigenvalue weighted by molar-refractivity contribution is -0.933. The van der Waals surface area contributed by atoms with Crippen molar-refractivity contribution in [1.29, 1.82) is 0 Å². The molecule has 1 aromatic carbocycles. The monoisotopic (exact) mass is 369 g/mol. The number of ketones is 1. The number of methoxy groups -OCH3 is 1. The molecule has 0 aromatic heterocycles. The number of Topliss-reactive ketones (excluding diaryl/α,β-unsaturated/α-hetero) is 1. The fourth-order valence-corrected chi connectivity index (χ4v) is 5.24. The van der Waals surface area contributed by atoms with Crippen LogP contribution in [0.15, 0.2) is 41.6 Å². The molecule has 4 rings (SSSR count). The molecule has 0 saturated heterocycles. The number of ether oxygens (including phenoxy) is 1. The van der Waals surface area contributed by atoms with E-state index < -0.39 is 0 Å². The van der Waals surface area contributed by atoms with Crippen LogP contribution in [0.5, 0.6) is 0 Å². The Morgan fingerprint density at radius 2 is 1.89 bits per heavy atom. The summed E-state index contributed by atoms with van der Waals surface area (Å²) >= 11 is 0. The summed E-state index contributed by atoms with van der Waals surface area (Å²) in [6.07, 6.45) is 8.37. The highest BCUT2D eigenvalue weighted by molar-refractivity contribution is 5.97. The molecule has 1 saturated carbocycles. The molecular formula is C23H33N2O2+. The van der Waals surface area contributed by atoms with E-state index in [1.165, 1.54) is 43.4 Å². The van der Waals surface area contributed by atoms with Gasteiger partial charge in [0, 0.05) is 25.8 Å². The standard InChI is InChI=1S/C23H32N2O2/c1-27-13-12-24-17-25(20-10-6-3-7-11-20)16-21-22(24)14-19(15-23(21)26)18-8-4-2-5-9-18/h2,4-5,8-9,19-20H,3,6-7,10-17H2,1H3/p+1/t19-/m0/s1. The molecule has 27 heavy (non-hydrogen) atoms. The summed E-state index contributed by atoms with van der Waals surface area (Å²) in [6, 6.07) is 11.3. The number of hydrogen-bond acceptors (Lipinski definition) is 3. The van der Waals surface area contributed by atoms with Crippen molar-refractivity contribution in [1.82, 2.24) is 4.90 Å². The molecule has 0 spiro atoms. The average Bonchev–Trinajstić information content (AvgIpc) is 2.73. The van der Waals surface area contributed by atoms with Crippen molar-refractivity contribution in [3.63, 3.8) is 0 Å². The third-order valence-corrected chi connectivity index (χ3v) is 6.75. The van der Waals surface area contributed by atoms with E-state index in [1.807, 2.05) is 0 Å². The number of nitrogens with one attached hydrogen (secondary N) is 1. The van der Waals surface area contributed by atoms with Crippen LogP contribution < -0.4 is 4.90 Å². The third-order valence-electron chi connectivity index (χ3n) is 6.75. The third kappa shape index (κ3) is 4.12. The predicted octanol–water partition coefficient (Wildman–Crippen LogP) is 2.52. The highest BCUT2D eigenvalue weighted by Crippen LogP contribution is 2.36. The normalized spacial score (nSPS) is 27.0. The molecule has 1 aliphatic heterocycles. The minimum atomic E-state index is 0.318. The lowest BCUT2D eigenvalue weighted by atomic mass is 9.80. The van der Waals surface area contributed by atoms with Crippen LogP contribution in [0.3, 0.4) is 0 Å². The number of benzene rings is 1. The molecule has 2 aliphatic carbocycles. The molecule has 1 N–H and O–H groups in total. The second-order valence-corrected chi connectivity index (χ2v) is 8.45. The summed E-state index contributed by atoms with van der Waals surface area (Å²) < 4.78 is 5.38. The maximum absolute atomic E-state index is 13.1. The van der Waals surface area contributed by atoms with Crippen LogP contribution in [0, 0.1) is 0 Å². The summed E-state index contributed by atoms with van der Waals surface area (Å²) in [5.41, 5.74) is 3.72. The van der Waals surface area contributed by atoms with Gasteiger partial charge in [0.05, 0.1) is 18.2 Å². The van der Waals surface area contributed by atoms with Crippen LogP contribution in [-0.4, -0.2) is 50.2 Å². The SMILES string of the molecule is COCCN1C[NH+](C2CCCCC2)CC2=C1C[C@H](c1ccccc1)CC2=O. The molecule has 4 heteroatoms. The van der Waals surface area contributed by atoms with Crippen molar-refractivity contribution in [3.05, 3.63) is 47.2 Å². The highest BCUT2D eigenvalue weighted by Gasteiger charge is 2.39. The second-order valence-electron chi connectivity index (χ2n) is 8.45. The Bertz CT molecular complexity index is 679. The first-order valence-electron chi connectivity index (χ1n) is 10.6. The van der Waals surface area contributed by atoms with Gasteiger partial charge < -0.3 is 14.5 Å². The molecule has 1 aromatic rings. The summed E-state index contributed by atoms with van der Waals surface area (Å²) in [6.45, 7) is 3.57. The molecule has 1 heterocycles. The Hall–Kier alpha value is -1.65. The Morgan fingerprint density at radius 1 is 1.11 bits per heavy atom. The summed E-state index contributed by atoms with van der Waals surface area (Å²) in [4.78, 5) is 17.2. The zero-order valence-electron chi connectivity index (χ0n) is 16.6. The molecule has 3 aliphatic rings. The minimum absolute atomic E-state index is 0.318. The molecule has 2 atom stereocenters. The smallest absolute Gasteiger partial charge is 0.166 e. The van der Waals surface area contributed by atoms with Gasteiger partial charge in [-0.05, 0) is 43.6 Å². The van der Waals surface area contributed by atoms with Crippen LogP contribution in [0.1, 0.15) is 56.4 Å². The first kappa shape index (κ1) is 18.7. The zero-order chi connectivity index (χ0) is 18.6. The summed E-state index contributed by atoms with van der Waals surface area (Å²) in [5.74, 6) is 0.694. The number of rotatable bonds is 5. The van der Waals surface area contributed by atoms with E-state index in [9.17, 15) is 4.79 Å². The molecule has 146 valence electrons. The van der Waals surface area contributed by atoms with Crippen molar-refractivity contribution < 1.29 is 14.4 Å². The van der Waals surface area contributed by atoms with Crippen molar-refractivity contribution in [2.45, 2.75) is 56.9 Å². The summed E-state index contributed by atoms with van der Waals surface area (Å²) in [5, 5.41) is 0. The number of hydrogen-bond donors (Lipinski definition) is 1. The molecule has 0 amide bonds. The van der Waals surface area contributed by atoms with Gasteiger partial charge in [-0.1, -0.05) is 36.8 Å². The minimum Gasteiger partial charge on any atom is -0.383 e. The quantitative estimate of drug-likeness (QED) is 0.866. The van der Waals surface area contributed by atoms with Gasteiger partial charge in [0.1, 0.15) is 6.54 Å². The number of carbonyl (C=O) groups is 1. The molecule has 1 fully saturated rings. The first-order chi connectivity index (χ1) is 13.3. The fourth-order valence-electron chi connectivity index (χ4n) is 5.24. The van der Waals surface area contributed by atoms with Crippen molar-refractivity contribution >= 4 is 5.78 Å². The van der Waals surface area contributed by atoms with Crippen molar-refractivity contribution in [3.8, 4) is 0 Å². The average molecular weight is 370 g/mol. The number of carbonyl (C=O) groups excluding carboxylic acids is 1. The fraction of sp³-hybridized carbons (Fsp3) is 0.609. The lowest BCUT2D eigenvalue weighted by Gasteiger charge is -2.44. The number of quaternary nitrogens is 1. The van der Waals surface area contributed by atoms with Gasteiger partial charge in [-0.3, -0.25) is 4.79 Å². The van der Waals surface area contributed by atoms with Crippen molar-refractivity contribution in [2.75, 3.05) is 33.5 Å². The van der Waals surface area contributed by atoms with E-state index in [4.69, 9.17) is 4.74 Å². The molecule has 0 bridgehead atoms. The van der Waals surface area contributed by atoms with Crippen LogP contribution in [-0.2, 0) is 9.53 Å². The van der Waals surface area contributed by atoms with Crippen LogP contribution in [0.4, 0.5) is 0 Å². The zero-order valence-corrected chi connectivity index (χ0v) is 16.6. The van der Waals surface area contributed by atoms with Gasteiger partial charge in [-0.25, -0.2) is 0 Å². The van der Waals surface area contributed by atoms with Gasteiger partial charge in [0.2, 0.25) is 0 Å². The molecular weight excluding hydrogens is 336 g/mol. The van der Waals surface area contributed by atoms with Crippen molar-refractivity contribution in [2.24, 2.45) is 0 Å². The van der Waals surface area contributed by atoms with Crippen LogP contribution >= 0.6 is 0 Å². The Balaban J connectivity index is 1.58.